The predicted molar refractivity (Wildman–Crippen MR) is 59.9 cm³/mol. The van der Waals surface area contributed by atoms with E-state index in [1.54, 1.807) is 10.7 Å². The van der Waals surface area contributed by atoms with E-state index >= 15 is 0 Å². The van der Waals surface area contributed by atoms with Crippen molar-refractivity contribution in [1.29, 1.82) is 0 Å². The van der Waals surface area contributed by atoms with E-state index < -0.39 is 0 Å². The van der Waals surface area contributed by atoms with Gasteiger partial charge >= 0.3 is 0 Å². The Kier molecular flexibility index (Phi) is 2.09. The Labute approximate surface area is 95.3 Å². The molecule has 0 bridgehead atoms. The summed E-state index contributed by atoms with van der Waals surface area (Å²) in [6.07, 6.45) is 6.06. The van der Waals surface area contributed by atoms with E-state index in [0.717, 1.165) is 23.5 Å². The third kappa shape index (κ3) is 1.58. The summed E-state index contributed by atoms with van der Waals surface area (Å²) in [5.74, 6) is 1.44. The van der Waals surface area contributed by atoms with Gasteiger partial charge < -0.3 is 4.90 Å². The van der Waals surface area contributed by atoms with Crippen LogP contribution >= 0.6 is 15.9 Å². The molecule has 0 N–H and O–H groups in total. The SMILES string of the molecule is Brc1cnc2nc(N3CCCC3)nn2c1. The fourth-order valence-corrected chi connectivity index (χ4v) is 2.10. The minimum Gasteiger partial charge on any atom is -0.339 e. The Bertz CT molecular complexity index is 488. The normalized spacial score (nSPS) is 16.5. The van der Waals surface area contributed by atoms with Gasteiger partial charge in [-0.05, 0) is 28.8 Å². The molecule has 6 heteroatoms. The number of anilines is 1. The van der Waals surface area contributed by atoms with Crippen LogP contribution in [0, 0.1) is 0 Å². The third-order valence-electron chi connectivity index (χ3n) is 2.54. The smallest absolute Gasteiger partial charge is 0.254 e. The minimum atomic E-state index is 0.653. The highest BCUT2D eigenvalue weighted by Gasteiger charge is 2.17. The van der Waals surface area contributed by atoms with Crippen molar-refractivity contribution in [3.05, 3.63) is 16.9 Å². The molecule has 3 rings (SSSR count). The van der Waals surface area contributed by atoms with Gasteiger partial charge in [-0.1, -0.05) is 0 Å². The van der Waals surface area contributed by atoms with Gasteiger partial charge in [0, 0.05) is 25.5 Å². The Morgan fingerprint density at radius 1 is 1.27 bits per heavy atom. The molecule has 0 radical (unpaired) electrons. The summed E-state index contributed by atoms with van der Waals surface area (Å²) in [4.78, 5) is 10.8. The molecular weight excluding hydrogens is 258 g/mol. The highest BCUT2D eigenvalue weighted by molar-refractivity contribution is 9.10. The van der Waals surface area contributed by atoms with Gasteiger partial charge in [0.2, 0.25) is 5.95 Å². The predicted octanol–water partition coefficient (Wildman–Crippen LogP) is 1.49. The molecule has 0 amide bonds. The third-order valence-corrected chi connectivity index (χ3v) is 2.95. The molecule has 5 nitrogen and oxygen atoms in total. The monoisotopic (exact) mass is 267 g/mol. The summed E-state index contributed by atoms with van der Waals surface area (Å²) < 4.78 is 2.62. The van der Waals surface area contributed by atoms with Crippen molar-refractivity contribution in [2.45, 2.75) is 12.8 Å². The molecule has 2 aromatic rings. The Hall–Kier alpha value is -1.17. The molecule has 0 aliphatic carbocycles. The van der Waals surface area contributed by atoms with Gasteiger partial charge in [-0.15, -0.1) is 5.10 Å². The lowest BCUT2D eigenvalue weighted by molar-refractivity contribution is 0.869. The van der Waals surface area contributed by atoms with E-state index in [-0.39, 0.29) is 0 Å². The van der Waals surface area contributed by atoms with Gasteiger partial charge in [0.25, 0.3) is 5.78 Å². The first-order chi connectivity index (χ1) is 7.33. The van der Waals surface area contributed by atoms with Crippen LogP contribution in [0.2, 0.25) is 0 Å². The van der Waals surface area contributed by atoms with Crippen molar-refractivity contribution in [1.82, 2.24) is 19.6 Å². The second-order valence-corrected chi connectivity index (χ2v) is 4.54. The first kappa shape index (κ1) is 9.08. The molecule has 0 spiro atoms. The molecule has 0 saturated carbocycles. The topological polar surface area (TPSA) is 46.3 Å². The van der Waals surface area contributed by atoms with E-state index in [9.17, 15) is 0 Å². The quantitative estimate of drug-likeness (QED) is 0.786. The van der Waals surface area contributed by atoms with Crippen molar-refractivity contribution in [3.63, 3.8) is 0 Å². The zero-order valence-corrected chi connectivity index (χ0v) is 9.68. The number of aromatic nitrogens is 4. The number of hydrogen-bond donors (Lipinski definition) is 0. The zero-order chi connectivity index (χ0) is 10.3. The number of fused-ring (bicyclic) bond motifs is 1. The van der Waals surface area contributed by atoms with Crippen LogP contribution in [0.15, 0.2) is 16.9 Å². The molecule has 1 aliphatic rings. The van der Waals surface area contributed by atoms with E-state index in [1.165, 1.54) is 12.8 Å². The van der Waals surface area contributed by atoms with Crippen LogP contribution in [0.25, 0.3) is 5.78 Å². The molecule has 1 saturated heterocycles. The van der Waals surface area contributed by atoms with Crippen LogP contribution in [0.1, 0.15) is 12.8 Å². The molecule has 15 heavy (non-hydrogen) atoms. The summed E-state index contributed by atoms with van der Waals surface area (Å²) in [5, 5.41) is 4.39. The van der Waals surface area contributed by atoms with Gasteiger partial charge in [0.05, 0.1) is 4.47 Å². The maximum Gasteiger partial charge on any atom is 0.254 e. The van der Waals surface area contributed by atoms with Crippen molar-refractivity contribution >= 4 is 27.7 Å². The summed E-state index contributed by atoms with van der Waals surface area (Å²) in [5.41, 5.74) is 0. The molecule has 1 aliphatic heterocycles. The van der Waals surface area contributed by atoms with Crippen molar-refractivity contribution < 1.29 is 0 Å². The molecule has 0 unspecified atom stereocenters. The summed E-state index contributed by atoms with van der Waals surface area (Å²) in [7, 11) is 0. The number of rotatable bonds is 1. The fourth-order valence-electron chi connectivity index (χ4n) is 1.80. The van der Waals surface area contributed by atoms with Crippen molar-refractivity contribution in [2.24, 2.45) is 0 Å². The van der Waals surface area contributed by atoms with Crippen LogP contribution in [0.4, 0.5) is 5.95 Å². The minimum absolute atomic E-state index is 0.653. The molecule has 0 atom stereocenters. The summed E-state index contributed by atoms with van der Waals surface area (Å²) in [6.45, 7) is 2.11. The molecule has 2 aromatic heterocycles. The van der Waals surface area contributed by atoms with Crippen LogP contribution < -0.4 is 4.90 Å². The highest BCUT2D eigenvalue weighted by atomic mass is 79.9. The molecular formula is C9H10BrN5. The maximum atomic E-state index is 4.39. The van der Waals surface area contributed by atoms with Gasteiger partial charge in [-0.25, -0.2) is 9.50 Å². The van der Waals surface area contributed by atoms with Crippen LogP contribution in [0.3, 0.4) is 0 Å². The van der Waals surface area contributed by atoms with Gasteiger partial charge in [-0.3, -0.25) is 0 Å². The second-order valence-electron chi connectivity index (χ2n) is 3.62. The average molecular weight is 268 g/mol. The van der Waals surface area contributed by atoms with Gasteiger partial charge in [0.15, 0.2) is 0 Å². The lowest BCUT2D eigenvalue weighted by atomic mass is 10.4. The number of hydrogen-bond acceptors (Lipinski definition) is 4. The van der Waals surface area contributed by atoms with E-state index in [4.69, 9.17) is 0 Å². The zero-order valence-electron chi connectivity index (χ0n) is 8.10. The molecule has 0 aromatic carbocycles. The summed E-state index contributed by atoms with van der Waals surface area (Å²) >= 11 is 3.36. The van der Waals surface area contributed by atoms with Crippen LogP contribution in [-0.4, -0.2) is 32.7 Å². The van der Waals surface area contributed by atoms with Gasteiger partial charge in [-0.2, -0.15) is 4.98 Å². The Balaban J connectivity index is 2.05. The largest absolute Gasteiger partial charge is 0.339 e. The maximum absolute atomic E-state index is 4.39. The van der Waals surface area contributed by atoms with E-state index in [1.807, 2.05) is 6.20 Å². The molecule has 1 fully saturated rings. The Morgan fingerprint density at radius 3 is 2.87 bits per heavy atom. The first-order valence-corrected chi connectivity index (χ1v) is 5.75. The van der Waals surface area contributed by atoms with Crippen molar-refractivity contribution in [3.8, 4) is 0 Å². The number of halogens is 1. The van der Waals surface area contributed by atoms with Crippen LogP contribution in [0.5, 0.6) is 0 Å². The first-order valence-electron chi connectivity index (χ1n) is 4.96. The molecule has 3 heterocycles. The molecule has 78 valence electrons. The standard InChI is InChI=1S/C9H10BrN5/c10-7-5-11-8-12-9(13-15(8)6-7)14-3-1-2-4-14/h5-6H,1-4H2. The van der Waals surface area contributed by atoms with E-state index in [0.29, 0.717) is 5.78 Å². The lowest BCUT2D eigenvalue weighted by Crippen LogP contribution is -2.19. The fraction of sp³-hybridized carbons (Fsp3) is 0.444. The number of nitrogens with zero attached hydrogens (tertiary/aromatic N) is 5. The average Bonchev–Trinajstić information content (AvgIpc) is 2.84. The summed E-state index contributed by atoms with van der Waals surface area (Å²) in [6, 6.07) is 0. The van der Waals surface area contributed by atoms with Gasteiger partial charge in [0.1, 0.15) is 0 Å². The van der Waals surface area contributed by atoms with Crippen LogP contribution in [-0.2, 0) is 0 Å². The van der Waals surface area contributed by atoms with E-state index in [2.05, 4.69) is 35.9 Å². The second kappa shape index (κ2) is 3.44. The Morgan fingerprint density at radius 2 is 2.07 bits per heavy atom. The lowest BCUT2D eigenvalue weighted by Gasteiger charge is -2.10. The van der Waals surface area contributed by atoms with Crippen molar-refractivity contribution in [2.75, 3.05) is 18.0 Å². The highest BCUT2D eigenvalue weighted by Crippen LogP contribution is 2.17.